The summed E-state index contributed by atoms with van der Waals surface area (Å²) in [5, 5.41) is 0. The summed E-state index contributed by atoms with van der Waals surface area (Å²) in [5.74, 6) is 1.62. The molecule has 2 fully saturated rings. The number of hydrogen-bond acceptors (Lipinski definition) is 4. The first kappa shape index (κ1) is 19.5. The predicted molar refractivity (Wildman–Crippen MR) is 114 cm³/mol. The van der Waals surface area contributed by atoms with Crippen molar-refractivity contribution in [3.05, 3.63) is 84.4 Å². The SMILES string of the molecule is O=C(c1cccc(Oc2ccc(F)cc2)c1)N1[C@H]2CC[C@H]1CC(Oc1ccncc1)C2. The molecule has 0 N–H and O–H groups in total. The molecule has 2 aliphatic heterocycles. The van der Waals surface area contributed by atoms with Crippen molar-refractivity contribution in [1.82, 2.24) is 9.88 Å². The second-order valence-electron chi connectivity index (χ2n) is 8.08. The third-order valence-electron chi connectivity index (χ3n) is 6.01. The van der Waals surface area contributed by atoms with Crippen molar-refractivity contribution in [1.29, 1.82) is 0 Å². The lowest BCUT2D eigenvalue weighted by Gasteiger charge is -2.39. The molecule has 1 amide bonds. The minimum Gasteiger partial charge on any atom is -0.490 e. The first-order chi connectivity index (χ1) is 15.2. The molecule has 2 bridgehead atoms. The topological polar surface area (TPSA) is 51.7 Å². The van der Waals surface area contributed by atoms with Gasteiger partial charge in [-0.25, -0.2) is 4.39 Å². The van der Waals surface area contributed by atoms with Crippen molar-refractivity contribution < 1.29 is 18.7 Å². The third kappa shape index (κ3) is 4.24. The third-order valence-corrected chi connectivity index (χ3v) is 6.01. The molecule has 0 unspecified atom stereocenters. The molecule has 31 heavy (non-hydrogen) atoms. The van der Waals surface area contributed by atoms with Crippen LogP contribution < -0.4 is 9.47 Å². The Bertz CT molecular complexity index is 1040. The summed E-state index contributed by atoms with van der Waals surface area (Å²) in [6, 6.07) is 17.1. The average molecular weight is 418 g/mol. The van der Waals surface area contributed by atoms with Crippen LogP contribution in [0.15, 0.2) is 73.1 Å². The van der Waals surface area contributed by atoms with Crippen LogP contribution in [0.4, 0.5) is 4.39 Å². The van der Waals surface area contributed by atoms with Crippen molar-refractivity contribution in [2.45, 2.75) is 43.9 Å². The predicted octanol–water partition coefficient (Wildman–Crippen LogP) is 5.23. The smallest absolute Gasteiger partial charge is 0.254 e. The van der Waals surface area contributed by atoms with Crippen LogP contribution in [-0.2, 0) is 0 Å². The van der Waals surface area contributed by atoms with E-state index in [0.717, 1.165) is 31.4 Å². The van der Waals surface area contributed by atoms with Gasteiger partial charge in [-0.2, -0.15) is 0 Å². The quantitative estimate of drug-likeness (QED) is 0.570. The van der Waals surface area contributed by atoms with Gasteiger partial charge in [0.25, 0.3) is 5.91 Å². The zero-order chi connectivity index (χ0) is 21.2. The Kier molecular flexibility index (Phi) is 5.28. The van der Waals surface area contributed by atoms with Gasteiger partial charge in [-0.15, -0.1) is 0 Å². The number of halogens is 1. The molecule has 2 atom stereocenters. The van der Waals surface area contributed by atoms with Crippen molar-refractivity contribution >= 4 is 5.91 Å². The number of rotatable bonds is 5. The molecule has 0 spiro atoms. The number of aromatic nitrogens is 1. The Hall–Kier alpha value is -3.41. The van der Waals surface area contributed by atoms with Gasteiger partial charge in [-0.05, 0) is 67.4 Å². The highest BCUT2D eigenvalue weighted by Crippen LogP contribution is 2.38. The second kappa shape index (κ2) is 8.38. The summed E-state index contributed by atoms with van der Waals surface area (Å²) in [4.78, 5) is 19.4. The van der Waals surface area contributed by atoms with Gasteiger partial charge >= 0.3 is 0 Å². The molecule has 0 aliphatic carbocycles. The van der Waals surface area contributed by atoms with Gasteiger partial charge in [0.1, 0.15) is 29.2 Å². The van der Waals surface area contributed by atoms with E-state index in [1.54, 1.807) is 36.7 Å². The second-order valence-corrected chi connectivity index (χ2v) is 8.08. The van der Waals surface area contributed by atoms with Crippen LogP contribution in [0.1, 0.15) is 36.0 Å². The molecule has 2 saturated heterocycles. The van der Waals surface area contributed by atoms with E-state index in [1.165, 1.54) is 12.1 Å². The summed E-state index contributed by atoms with van der Waals surface area (Å²) in [6.07, 6.45) is 7.22. The van der Waals surface area contributed by atoms with E-state index in [2.05, 4.69) is 4.98 Å². The largest absolute Gasteiger partial charge is 0.490 e. The lowest BCUT2D eigenvalue weighted by molar-refractivity contribution is 0.0358. The molecule has 0 radical (unpaired) electrons. The number of carbonyl (C=O) groups excluding carboxylic acids is 1. The standard InChI is InChI=1S/C25H23FN2O3/c26-18-4-8-21(9-5-18)30-23-3-1-2-17(14-23)25(29)28-19-6-7-20(28)16-24(15-19)31-22-10-12-27-13-11-22/h1-5,8-14,19-20,24H,6-7,15-16H2/t19-,20-/m0/s1. The van der Waals surface area contributed by atoms with Gasteiger partial charge in [0.2, 0.25) is 0 Å². The maximum absolute atomic E-state index is 13.3. The molecular weight excluding hydrogens is 395 g/mol. The van der Waals surface area contributed by atoms with Gasteiger partial charge in [0.15, 0.2) is 0 Å². The van der Waals surface area contributed by atoms with Crippen molar-refractivity contribution in [3.8, 4) is 17.2 Å². The van der Waals surface area contributed by atoms with Gasteiger partial charge in [-0.3, -0.25) is 9.78 Å². The summed E-state index contributed by atoms with van der Waals surface area (Å²) in [5.41, 5.74) is 0.602. The molecule has 2 aliphatic rings. The summed E-state index contributed by atoms with van der Waals surface area (Å²) >= 11 is 0. The number of piperidine rings is 1. The van der Waals surface area contributed by atoms with Crippen LogP contribution in [0.3, 0.4) is 0 Å². The average Bonchev–Trinajstić information content (AvgIpc) is 3.06. The monoisotopic (exact) mass is 418 g/mol. The van der Waals surface area contributed by atoms with Crippen LogP contribution in [0.25, 0.3) is 0 Å². The van der Waals surface area contributed by atoms with Crippen molar-refractivity contribution in [2.24, 2.45) is 0 Å². The maximum atomic E-state index is 13.3. The van der Waals surface area contributed by atoms with E-state index in [-0.39, 0.29) is 29.9 Å². The number of fused-ring (bicyclic) bond motifs is 2. The molecule has 0 saturated carbocycles. The van der Waals surface area contributed by atoms with Crippen LogP contribution in [0.2, 0.25) is 0 Å². The lowest BCUT2D eigenvalue weighted by Crippen LogP contribution is -2.49. The Morgan fingerprint density at radius 3 is 2.32 bits per heavy atom. The number of amides is 1. The number of carbonyl (C=O) groups is 1. The summed E-state index contributed by atoms with van der Waals surface area (Å²) in [7, 11) is 0. The van der Waals surface area contributed by atoms with E-state index in [1.807, 2.05) is 29.2 Å². The molecule has 1 aromatic heterocycles. The lowest BCUT2D eigenvalue weighted by atomic mass is 9.98. The Morgan fingerprint density at radius 1 is 0.903 bits per heavy atom. The fraction of sp³-hybridized carbons (Fsp3) is 0.280. The highest BCUT2D eigenvalue weighted by molar-refractivity contribution is 5.95. The first-order valence-electron chi connectivity index (χ1n) is 10.6. The number of benzene rings is 2. The molecule has 6 heteroatoms. The number of nitrogens with zero attached hydrogens (tertiary/aromatic N) is 2. The number of ether oxygens (including phenoxy) is 2. The molecule has 2 aromatic carbocycles. The Labute approximate surface area is 180 Å². The molecule has 5 nitrogen and oxygen atoms in total. The fourth-order valence-corrected chi connectivity index (χ4v) is 4.64. The highest BCUT2D eigenvalue weighted by atomic mass is 19.1. The molecule has 5 rings (SSSR count). The highest BCUT2D eigenvalue weighted by Gasteiger charge is 2.44. The molecule has 3 heterocycles. The van der Waals surface area contributed by atoms with Crippen LogP contribution in [0, 0.1) is 5.82 Å². The van der Waals surface area contributed by atoms with Crippen molar-refractivity contribution in [2.75, 3.05) is 0 Å². The zero-order valence-corrected chi connectivity index (χ0v) is 17.0. The normalized spacial score (nSPS) is 22.2. The summed E-state index contributed by atoms with van der Waals surface area (Å²) in [6.45, 7) is 0. The maximum Gasteiger partial charge on any atom is 0.254 e. The van der Waals surface area contributed by atoms with Gasteiger partial charge in [0.05, 0.1) is 0 Å². The van der Waals surface area contributed by atoms with E-state index in [9.17, 15) is 9.18 Å². The van der Waals surface area contributed by atoms with E-state index in [0.29, 0.717) is 17.1 Å². The van der Waals surface area contributed by atoms with Gasteiger partial charge < -0.3 is 14.4 Å². The number of pyridine rings is 1. The van der Waals surface area contributed by atoms with E-state index in [4.69, 9.17) is 9.47 Å². The van der Waals surface area contributed by atoms with Crippen LogP contribution in [-0.4, -0.2) is 34.0 Å². The van der Waals surface area contributed by atoms with E-state index >= 15 is 0 Å². The summed E-state index contributed by atoms with van der Waals surface area (Å²) < 4.78 is 25.1. The molecule has 3 aromatic rings. The minimum atomic E-state index is -0.317. The van der Waals surface area contributed by atoms with Gasteiger partial charge in [-0.1, -0.05) is 6.07 Å². The number of hydrogen-bond donors (Lipinski definition) is 0. The van der Waals surface area contributed by atoms with E-state index < -0.39 is 0 Å². The molecular formula is C25H23FN2O3. The Balaban J connectivity index is 1.28. The zero-order valence-electron chi connectivity index (χ0n) is 17.0. The fourth-order valence-electron chi connectivity index (χ4n) is 4.64. The van der Waals surface area contributed by atoms with Gasteiger partial charge in [0, 0.05) is 42.9 Å². The van der Waals surface area contributed by atoms with Crippen molar-refractivity contribution in [3.63, 3.8) is 0 Å². The molecule has 158 valence electrons. The van der Waals surface area contributed by atoms with Crippen LogP contribution >= 0.6 is 0 Å². The Morgan fingerprint density at radius 2 is 1.61 bits per heavy atom. The van der Waals surface area contributed by atoms with Crippen LogP contribution in [0.5, 0.6) is 17.2 Å². The minimum absolute atomic E-state index is 0.0272. The first-order valence-corrected chi connectivity index (χ1v) is 10.6.